The molecule has 1 aromatic carbocycles. The van der Waals surface area contributed by atoms with E-state index in [1.807, 2.05) is 19.1 Å². The van der Waals surface area contributed by atoms with Crippen molar-refractivity contribution in [3.63, 3.8) is 0 Å². The lowest BCUT2D eigenvalue weighted by Crippen LogP contribution is -2.23. The minimum atomic E-state index is -1.12. The molecule has 1 unspecified atom stereocenters. The number of carbonyl (C=O) groups is 2. The normalized spacial score (nSPS) is 14.5. The fourth-order valence-corrected chi connectivity index (χ4v) is 3.94. The molecular formula is C15H12N2O4S2. The van der Waals surface area contributed by atoms with Crippen LogP contribution in [0.2, 0.25) is 0 Å². The molecule has 1 atom stereocenters. The van der Waals surface area contributed by atoms with Crippen molar-refractivity contribution >= 4 is 41.0 Å². The number of aryl methyl sites for hydroxylation is 1. The van der Waals surface area contributed by atoms with Gasteiger partial charge in [0.25, 0.3) is 5.91 Å². The second-order valence-corrected chi connectivity index (χ2v) is 6.86. The van der Waals surface area contributed by atoms with Gasteiger partial charge in [-0.15, -0.1) is 11.3 Å². The van der Waals surface area contributed by atoms with Crippen LogP contribution in [-0.4, -0.2) is 26.7 Å². The Morgan fingerprint density at radius 1 is 1.43 bits per heavy atom. The van der Waals surface area contributed by atoms with Crippen molar-refractivity contribution < 1.29 is 19.8 Å². The third-order valence-corrected chi connectivity index (χ3v) is 5.06. The molecule has 0 spiro atoms. The van der Waals surface area contributed by atoms with Gasteiger partial charge in [-0.1, -0.05) is 11.6 Å². The molecule has 0 fully saturated rings. The molecule has 0 bridgehead atoms. The summed E-state index contributed by atoms with van der Waals surface area (Å²) in [6.07, 6.45) is 0. The van der Waals surface area contributed by atoms with Gasteiger partial charge in [-0.05, 0) is 38.2 Å². The van der Waals surface area contributed by atoms with Gasteiger partial charge in [0.05, 0.1) is 10.9 Å². The zero-order valence-electron chi connectivity index (χ0n) is 12.2. The van der Waals surface area contributed by atoms with Crippen LogP contribution in [0.4, 0.5) is 0 Å². The van der Waals surface area contributed by atoms with Gasteiger partial charge in [-0.3, -0.25) is 9.36 Å². The van der Waals surface area contributed by atoms with Crippen LogP contribution in [0, 0.1) is 10.9 Å². The predicted octanol–water partition coefficient (Wildman–Crippen LogP) is 1.30. The van der Waals surface area contributed by atoms with Crippen LogP contribution in [0.25, 0.3) is 5.57 Å². The third kappa shape index (κ3) is 2.40. The number of hydrogen-bond acceptors (Lipinski definition) is 5. The molecular weight excluding hydrogens is 336 g/mol. The standard InChI is InChI=1S/C15H12N2O4S2/c1-6-3-4-9-8(5-6)10(12(18)16-9)11-13(19)17(15(22)23-11)7(2)14(20)21/h3-5,7,19H,1-2H3,(H,20,21). The van der Waals surface area contributed by atoms with Gasteiger partial charge >= 0.3 is 5.97 Å². The first-order chi connectivity index (χ1) is 10.8. The largest absolute Gasteiger partial charge is 0.493 e. The van der Waals surface area contributed by atoms with Crippen LogP contribution in [0.15, 0.2) is 23.2 Å². The molecule has 2 N–H and O–H groups in total. The molecule has 0 aliphatic carbocycles. The molecule has 1 aromatic heterocycles. The van der Waals surface area contributed by atoms with Gasteiger partial charge in [-0.2, -0.15) is 0 Å². The lowest BCUT2D eigenvalue weighted by Gasteiger charge is -2.09. The van der Waals surface area contributed by atoms with Crippen molar-refractivity contribution in [1.29, 1.82) is 0 Å². The molecule has 3 rings (SSSR count). The number of amides is 1. The summed E-state index contributed by atoms with van der Waals surface area (Å²) in [7, 11) is 0. The number of aliphatic carboxylic acids is 1. The summed E-state index contributed by atoms with van der Waals surface area (Å²) in [5.74, 6) is -1.90. The fraction of sp³-hybridized carbons (Fsp3) is 0.200. The number of aromatic nitrogens is 1. The average Bonchev–Trinajstić information content (AvgIpc) is 2.94. The lowest BCUT2D eigenvalue weighted by molar-refractivity contribution is -0.140. The summed E-state index contributed by atoms with van der Waals surface area (Å²) in [5, 5.41) is 20.7. The van der Waals surface area contributed by atoms with Crippen molar-refractivity contribution in [3.8, 4) is 5.88 Å². The van der Waals surface area contributed by atoms with Crippen LogP contribution in [0.5, 0.6) is 5.88 Å². The van der Waals surface area contributed by atoms with E-state index in [2.05, 4.69) is 4.99 Å². The smallest absolute Gasteiger partial charge is 0.326 e. The monoisotopic (exact) mass is 348 g/mol. The quantitative estimate of drug-likeness (QED) is 0.816. The predicted molar refractivity (Wildman–Crippen MR) is 86.6 cm³/mol. The lowest BCUT2D eigenvalue weighted by atomic mass is 10.1. The second-order valence-electron chi connectivity index (χ2n) is 5.22. The summed E-state index contributed by atoms with van der Waals surface area (Å²) in [5.41, 5.74) is 1.21. The van der Waals surface area contributed by atoms with Gasteiger partial charge < -0.3 is 10.2 Å². The Hall–Kier alpha value is -2.32. The van der Waals surface area contributed by atoms with Gasteiger partial charge in [-0.25, -0.2) is 9.79 Å². The Kier molecular flexibility index (Phi) is 3.65. The van der Waals surface area contributed by atoms with E-state index in [0.29, 0.717) is 10.6 Å². The van der Waals surface area contributed by atoms with Crippen molar-refractivity contribution in [2.75, 3.05) is 0 Å². The molecule has 6 nitrogen and oxygen atoms in total. The molecule has 23 heavy (non-hydrogen) atoms. The molecule has 118 valence electrons. The van der Waals surface area contributed by atoms with Crippen molar-refractivity contribution in [2.24, 2.45) is 4.99 Å². The van der Waals surface area contributed by atoms with Gasteiger partial charge in [0.2, 0.25) is 5.88 Å². The average molecular weight is 348 g/mol. The number of benzene rings is 1. The van der Waals surface area contributed by atoms with E-state index in [-0.39, 0.29) is 20.3 Å². The minimum absolute atomic E-state index is 0.189. The van der Waals surface area contributed by atoms with E-state index in [9.17, 15) is 14.7 Å². The van der Waals surface area contributed by atoms with E-state index in [1.54, 1.807) is 6.07 Å². The molecule has 0 saturated carbocycles. The maximum absolute atomic E-state index is 12.3. The molecule has 2 aromatic rings. The van der Waals surface area contributed by atoms with Gasteiger partial charge in [0, 0.05) is 5.22 Å². The number of nitrogens with zero attached hydrogens (tertiary/aromatic N) is 2. The van der Waals surface area contributed by atoms with Crippen LogP contribution >= 0.6 is 23.6 Å². The Balaban J connectivity index is 2.33. The summed E-state index contributed by atoms with van der Waals surface area (Å²) >= 11 is 6.16. The highest BCUT2D eigenvalue weighted by atomic mass is 32.1. The van der Waals surface area contributed by atoms with Crippen molar-refractivity contribution in [1.82, 2.24) is 4.57 Å². The first-order valence-electron chi connectivity index (χ1n) is 6.72. The Morgan fingerprint density at radius 3 is 2.78 bits per heavy atom. The molecule has 8 heteroatoms. The highest BCUT2D eigenvalue weighted by Gasteiger charge is 2.28. The molecule has 1 amide bonds. The second kappa shape index (κ2) is 5.39. The van der Waals surface area contributed by atoms with Crippen LogP contribution < -0.4 is 10.6 Å². The van der Waals surface area contributed by atoms with E-state index >= 15 is 0 Å². The number of thiazole rings is 1. The number of fused-ring (bicyclic) bond motifs is 1. The highest BCUT2D eigenvalue weighted by molar-refractivity contribution is 7.73. The molecule has 1 aliphatic heterocycles. The summed E-state index contributed by atoms with van der Waals surface area (Å²) < 4.78 is 1.32. The van der Waals surface area contributed by atoms with Gasteiger partial charge in [0.15, 0.2) is 3.95 Å². The van der Waals surface area contributed by atoms with Crippen LogP contribution in [0.1, 0.15) is 23.4 Å². The summed E-state index contributed by atoms with van der Waals surface area (Å²) in [6, 6.07) is 4.37. The maximum Gasteiger partial charge on any atom is 0.326 e. The Morgan fingerprint density at radius 2 is 2.13 bits per heavy atom. The van der Waals surface area contributed by atoms with E-state index in [1.165, 1.54) is 6.92 Å². The first kappa shape index (κ1) is 15.6. The number of rotatable bonds is 3. The third-order valence-electron chi connectivity index (χ3n) is 3.65. The molecule has 0 saturated heterocycles. The Bertz CT molecular complexity index is 1030. The number of carbonyl (C=O) groups excluding carboxylic acids is 1. The minimum Gasteiger partial charge on any atom is -0.493 e. The highest BCUT2D eigenvalue weighted by Crippen LogP contribution is 2.34. The van der Waals surface area contributed by atoms with Gasteiger partial charge in [0.1, 0.15) is 10.9 Å². The zero-order valence-corrected chi connectivity index (χ0v) is 13.9. The maximum atomic E-state index is 12.3. The zero-order chi connectivity index (χ0) is 16.9. The van der Waals surface area contributed by atoms with Crippen LogP contribution in [0.3, 0.4) is 0 Å². The fourth-order valence-electron chi connectivity index (χ4n) is 2.44. The van der Waals surface area contributed by atoms with Crippen molar-refractivity contribution in [2.45, 2.75) is 19.9 Å². The first-order valence-corrected chi connectivity index (χ1v) is 7.95. The van der Waals surface area contributed by atoms with Crippen LogP contribution in [-0.2, 0) is 9.59 Å². The topological polar surface area (TPSA) is 91.9 Å². The van der Waals surface area contributed by atoms with E-state index in [0.717, 1.165) is 21.5 Å². The number of carboxylic acid groups (broad SMARTS) is 1. The number of hydrogen-bond donors (Lipinski definition) is 2. The number of carboxylic acids is 1. The summed E-state index contributed by atoms with van der Waals surface area (Å²) in [6.45, 7) is 3.30. The SMILES string of the molecule is Cc1ccc2c(c1)=C(c1sc(=S)n(C(C)C(=O)O)c1O)C(=O)N=2. The van der Waals surface area contributed by atoms with E-state index in [4.69, 9.17) is 17.3 Å². The van der Waals surface area contributed by atoms with E-state index < -0.39 is 17.9 Å². The molecule has 2 heterocycles. The number of aromatic hydroxyl groups is 1. The molecule has 1 aliphatic rings. The molecule has 0 radical (unpaired) electrons. The Labute approximate surface area is 139 Å². The van der Waals surface area contributed by atoms with Crippen molar-refractivity contribution in [3.05, 3.63) is 43.2 Å². The summed E-state index contributed by atoms with van der Waals surface area (Å²) in [4.78, 5) is 27.7.